The number of phenols is 2. The fourth-order valence-corrected chi connectivity index (χ4v) is 4.67. The van der Waals surface area contributed by atoms with Crippen LogP contribution in [0.25, 0.3) is 22.3 Å². The first kappa shape index (κ1) is 16.4. The lowest BCUT2D eigenvalue weighted by Gasteiger charge is -2.40. The average Bonchev–Trinajstić information content (AvgIpc) is 2.67. The highest BCUT2D eigenvalue weighted by Gasteiger charge is 2.34. The topological polar surface area (TPSA) is 43.7 Å². The van der Waals surface area contributed by atoms with E-state index in [2.05, 4.69) is 55.3 Å². The summed E-state index contributed by atoms with van der Waals surface area (Å²) in [5.41, 5.74) is 9.23. The quantitative estimate of drug-likeness (QED) is 0.613. The number of hydrogen-bond donors (Lipinski definition) is 2. The number of aryl methyl sites for hydroxylation is 1. The predicted molar refractivity (Wildman–Crippen MR) is 108 cm³/mol. The number of phenolic OH excluding ortho intramolecular Hbond substituents is 2. The highest BCUT2D eigenvalue weighted by Crippen LogP contribution is 2.51. The summed E-state index contributed by atoms with van der Waals surface area (Å²) in [4.78, 5) is 2.41. The molecule has 3 heteroatoms. The van der Waals surface area contributed by atoms with Crippen molar-refractivity contribution in [3.63, 3.8) is 0 Å². The molecule has 3 aromatic carbocycles. The smallest absolute Gasteiger partial charge is 0.165 e. The van der Waals surface area contributed by atoms with Gasteiger partial charge in [0.15, 0.2) is 11.5 Å². The van der Waals surface area contributed by atoms with Crippen molar-refractivity contribution in [3.8, 4) is 33.8 Å². The van der Waals surface area contributed by atoms with Crippen LogP contribution in [0.5, 0.6) is 11.5 Å². The maximum atomic E-state index is 10.7. The van der Waals surface area contributed by atoms with Gasteiger partial charge in [0.1, 0.15) is 0 Å². The summed E-state index contributed by atoms with van der Waals surface area (Å²) < 4.78 is 0. The third-order valence-electron chi connectivity index (χ3n) is 6.18. The molecule has 0 saturated carbocycles. The highest BCUT2D eigenvalue weighted by atomic mass is 16.3. The molecule has 0 fully saturated rings. The van der Waals surface area contributed by atoms with Gasteiger partial charge >= 0.3 is 0 Å². The van der Waals surface area contributed by atoms with Crippen LogP contribution in [0.1, 0.15) is 28.3 Å². The molecule has 0 aromatic heterocycles. The Balaban J connectivity index is 1.80. The maximum absolute atomic E-state index is 10.7. The van der Waals surface area contributed by atoms with E-state index in [9.17, 15) is 10.2 Å². The lowest BCUT2D eigenvalue weighted by Crippen LogP contribution is -2.35. The van der Waals surface area contributed by atoms with E-state index in [4.69, 9.17) is 0 Å². The van der Waals surface area contributed by atoms with Crippen molar-refractivity contribution < 1.29 is 10.2 Å². The predicted octanol–water partition coefficient (Wildman–Crippen LogP) is 4.83. The zero-order chi connectivity index (χ0) is 18.7. The van der Waals surface area contributed by atoms with Crippen LogP contribution in [0, 0.1) is 6.92 Å². The molecule has 5 rings (SSSR count). The molecule has 1 atom stereocenters. The Morgan fingerprint density at radius 2 is 1.70 bits per heavy atom. The minimum Gasteiger partial charge on any atom is -0.504 e. The Morgan fingerprint density at radius 1 is 0.926 bits per heavy atom. The van der Waals surface area contributed by atoms with Gasteiger partial charge in [-0.05, 0) is 72.3 Å². The van der Waals surface area contributed by atoms with Gasteiger partial charge in [-0.25, -0.2) is 0 Å². The molecule has 0 saturated heterocycles. The van der Waals surface area contributed by atoms with Crippen molar-refractivity contribution in [1.29, 1.82) is 0 Å². The number of aromatic hydroxyl groups is 2. The molecule has 3 nitrogen and oxygen atoms in total. The number of likely N-dealkylation sites (N-methyl/N-ethyl adjacent to an activating group) is 1. The van der Waals surface area contributed by atoms with E-state index in [0.29, 0.717) is 6.04 Å². The summed E-state index contributed by atoms with van der Waals surface area (Å²) in [7, 11) is 2.18. The molecule has 2 N–H and O–H groups in total. The Morgan fingerprint density at radius 3 is 2.48 bits per heavy atom. The second-order valence-corrected chi connectivity index (χ2v) is 7.88. The van der Waals surface area contributed by atoms with Crippen LogP contribution in [-0.4, -0.2) is 28.7 Å². The summed E-state index contributed by atoms with van der Waals surface area (Å²) >= 11 is 0. The van der Waals surface area contributed by atoms with Crippen LogP contribution in [-0.2, 0) is 12.8 Å². The Kier molecular flexibility index (Phi) is 3.56. The van der Waals surface area contributed by atoms with Crippen LogP contribution in [0.15, 0.2) is 48.5 Å². The molecule has 1 aliphatic carbocycles. The van der Waals surface area contributed by atoms with Crippen LogP contribution >= 0.6 is 0 Å². The number of hydrogen-bond acceptors (Lipinski definition) is 3. The van der Waals surface area contributed by atoms with E-state index in [0.717, 1.165) is 36.1 Å². The van der Waals surface area contributed by atoms with Crippen molar-refractivity contribution >= 4 is 0 Å². The minimum absolute atomic E-state index is 0.00225. The second kappa shape index (κ2) is 5.86. The summed E-state index contributed by atoms with van der Waals surface area (Å²) in [5.74, 6) is -0.0479. The first-order valence-corrected chi connectivity index (χ1v) is 9.51. The minimum atomic E-state index is -0.0501. The SMILES string of the molecule is Cc1ccc(-c2cc3c4c(c2)-c2c(ccc(O)c2O)C[C@H]4N(C)CC3)cc1. The Labute approximate surface area is 159 Å². The van der Waals surface area contributed by atoms with Gasteiger partial charge in [-0.1, -0.05) is 42.0 Å². The molecule has 2 aliphatic rings. The summed E-state index contributed by atoms with van der Waals surface area (Å²) in [5, 5.41) is 20.8. The fraction of sp³-hybridized carbons (Fsp3) is 0.250. The monoisotopic (exact) mass is 357 g/mol. The molecular weight excluding hydrogens is 334 g/mol. The maximum Gasteiger partial charge on any atom is 0.165 e. The summed E-state index contributed by atoms with van der Waals surface area (Å²) in [6.07, 6.45) is 1.87. The lowest BCUT2D eigenvalue weighted by molar-refractivity contribution is 0.228. The summed E-state index contributed by atoms with van der Waals surface area (Å²) in [6.45, 7) is 3.13. The number of fused-ring (bicyclic) bond motifs is 2. The van der Waals surface area contributed by atoms with Crippen LogP contribution in [0.2, 0.25) is 0 Å². The van der Waals surface area contributed by atoms with Crippen LogP contribution < -0.4 is 0 Å². The van der Waals surface area contributed by atoms with Gasteiger partial charge in [0.05, 0.1) is 0 Å². The molecule has 0 radical (unpaired) electrons. The normalized spacial score (nSPS) is 18.1. The van der Waals surface area contributed by atoms with Gasteiger partial charge in [0.25, 0.3) is 0 Å². The molecule has 3 aromatic rings. The third-order valence-corrected chi connectivity index (χ3v) is 6.18. The Hall–Kier alpha value is -2.78. The summed E-state index contributed by atoms with van der Waals surface area (Å²) in [6, 6.07) is 17.0. The fourth-order valence-electron chi connectivity index (χ4n) is 4.67. The standard InChI is InChI=1S/C24H23NO2/c1-14-3-5-15(6-4-14)18-11-17-9-10-25(2)20-13-16-7-8-21(26)24(27)23(16)19(12-18)22(17)20/h3-8,11-12,20,26-27H,9-10,13H2,1-2H3/t20-/m1/s1. The van der Waals surface area contributed by atoms with E-state index < -0.39 is 0 Å². The van der Waals surface area contributed by atoms with Gasteiger partial charge in [0, 0.05) is 18.2 Å². The van der Waals surface area contributed by atoms with Crippen molar-refractivity contribution in [2.45, 2.75) is 25.8 Å². The molecule has 27 heavy (non-hydrogen) atoms. The number of benzene rings is 3. The Bertz CT molecular complexity index is 1050. The molecule has 0 spiro atoms. The van der Waals surface area contributed by atoms with Crippen LogP contribution in [0.4, 0.5) is 0 Å². The van der Waals surface area contributed by atoms with Gasteiger partial charge in [0.2, 0.25) is 0 Å². The average molecular weight is 357 g/mol. The first-order valence-electron chi connectivity index (χ1n) is 9.51. The van der Waals surface area contributed by atoms with Crippen molar-refractivity contribution in [1.82, 2.24) is 4.90 Å². The van der Waals surface area contributed by atoms with E-state index in [1.54, 1.807) is 6.07 Å². The highest BCUT2D eigenvalue weighted by molar-refractivity contribution is 5.85. The molecule has 0 bridgehead atoms. The van der Waals surface area contributed by atoms with E-state index in [-0.39, 0.29) is 11.5 Å². The number of rotatable bonds is 1. The van der Waals surface area contributed by atoms with Crippen molar-refractivity contribution in [2.24, 2.45) is 0 Å². The third kappa shape index (κ3) is 2.46. The molecule has 1 heterocycles. The van der Waals surface area contributed by atoms with Crippen molar-refractivity contribution in [3.05, 3.63) is 70.8 Å². The molecule has 0 amide bonds. The van der Waals surface area contributed by atoms with Gasteiger partial charge in [-0.2, -0.15) is 0 Å². The van der Waals surface area contributed by atoms with Gasteiger partial charge in [-0.3, -0.25) is 4.90 Å². The first-order chi connectivity index (χ1) is 13.0. The number of nitrogens with zero attached hydrogens (tertiary/aromatic N) is 1. The zero-order valence-electron chi connectivity index (χ0n) is 15.7. The largest absolute Gasteiger partial charge is 0.504 e. The second-order valence-electron chi connectivity index (χ2n) is 7.88. The van der Waals surface area contributed by atoms with Crippen molar-refractivity contribution in [2.75, 3.05) is 13.6 Å². The molecule has 0 unspecified atom stereocenters. The van der Waals surface area contributed by atoms with E-state index in [1.165, 1.54) is 27.8 Å². The zero-order valence-corrected chi connectivity index (χ0v) is 15.7. The molecule has 1 aliphatic heterocycles. The molecular formula is C24H23NO2. The van der Waals surface area contributed by atoms with E-state index >= 15 is 0 Å². The van der Waals surface area contributed by atoms with Crippen LogP contribution in [0.3, 0.4) is 0 Å². The van der Waals surface area contributed by atoms with Gasteiger partial charge < -0.3 is 10.2 Å². The lowest BCUT2D eigenvalue weighted by atomic mass is 9.75. The van der Waals surface area contributed by atoms with E-state index in [1.807, 2.05) is 6.07 Å². The molecule has 136 valence electrons. The van der Waals surface area contributed by atoms with Gasteiger partial charge in [-0.15, -0.1) is 0 Å².